The molecule has 0 atom stereocenters. The predicted octanol–water partition coefficient (Wildman–Crippen LogP) is 3.05. The second-order valence-corrected chi connectivity index (χ2v) is 6.44. The summed E-state index contributed by atoms with van der Waals surface area (Å²) in [6, 6.07) is 0. The normalized spacial score (nSPS) is 10.9. The summed E-state index contributed by atoms with van der Waals surface area (Å²) in [6.07, 6.45) is 4.65. The highest BCUT2D eigenvalue weighted by Crippen LogP contribution is 2.24. The van der Waals surface area contributed by atoms with Gasteiger partial charge in [-0.3, -0.25) is 14.2 Å². The molecule has 0 fully saturated rings. The van der Waals surface area contributed by atoms with Gasteiger partial charge in [0.15, 0.2) is 0 Å². The van der Waals surface area contributed by atoms with Crippen molar-refractivity contribution in [1.29, 1.82) is 0 Å². The Morgan fingerprint density at radius 3 is 2.77 bits per heavy atom. The van der Waals surface area contributed by atoms with E-state index in [2.05, 4.69) is 31.4 Å². The number of nitrogens with one attached hydrogen (secondary N) is 1. The Balaban J connectivity index is 1.65. The first-order valence-electron chi connectivity index (χ1n) is 6.80. The Morgan fingerprint density at radius 1 is 1.41 bits per heavy atom. The largest absolute Gasteiger partial charge is 0.356 e. The third-order valence-corrected chi connectivity index (χ3v) is 4.38. The smallest absolute Gasteiger partial charge is 0.221 e. The monoisotopic (exact) mass is 407 g/mol. The molecule has 0 saturated heterocycles. The van der Waals surface area contributed by atoms with Crippen LogP contribution in [0.4, 0.5) is 0 Å². The third-order valence-electron chi connectivity index (χ3n) is 3.03. The van der Waals surface area contributed by atoms with E-state index in [-0.39, 0.29) is 5.91 Å². The number of amides is 1. The molecular weight excluding hydrogens is 393 g/mol. The second-order valence-electron chi connectivity index (χ2n) is 4.79. The van der Waals surface area contributed by atoms with E-state index in [1.165, 1.54) is 0 Å². The average molecular weight is 409 g/mol. The number of hydrogen-bond acceptors (Lipinski definition) is 3. The fourth-order valence-corrected chi connectivity index (χ4v) is 2.62. The molecule has 0 bridgehead atoms. The zero-order chi connectivity index (χ0) is 16.1. The second kappa shape index (κ2) is 7.99. The maximum absolute atomic E-state index is 11.7. The van der Waals surface area contributed by atoms with Gasteiger partial charge in [0.05, 0.1) is 16.4 Å². The van der Waals surface area contributed by atoms with Gasteiger partial charge >= 0.3 is 0 Å². The van der Waals surface area contributed by atoms with Crippen LogP contribution in [0.2, 0.25) is 10.2 Å². The molecule has 0 radical (unpaired) electrons. The van der Waals surface area contributed by atoms with Gasteiger partial charge in [0.1, 0.15) is 10.2 Å². The molecule has 6 nitrogen and oxygen atoms in total. The van der Waals surface area contributed by atoms with Gasteiger partial charge in [0.25, 0.3) is 0 Å². The van der Waals surface area contributed by atoms with Gasteiger partial charge in [-0.2, -0.15) is 10.2 Å². The van der Waals surface area contributed by atoms with Crippen molar-refractivity contribution in [2.75, 3.05) is 6.54 Å². The van der Waals surface area contributed by atoms with E-state index in [0.29, 0.717) is 41.9 Å². The Hall–Kier alpha value is -1.05. The highest BCUT2D eigenvalue weighted by molar-refractivity contribution is 9.10. The Bertz CT molecular complexity index is 655. The van der Waals surface area contributed by atoms with Crippen molar-refractivity contribution in [2.24, 2.45) is 0 Å². The van der Waals surface area contributed by atoms with Crippen LogP contribution in [0, 0.1) is 6.92 Å². The minimum absolute atomic E-state index is 0.00704. The van der Waals surface area contributed by atoms with Gasteiger partial charge in [0, 0.05) is 32.3 Å². The van der Waals surface area contributed by atoms with Crippen LogP contribution >= 0.6 is 39.1 Å². The summed E-state index contributed by atoms with van der Waals surface area (Å²) >= 11 is 15.3. The summed E-state index contributed by atoms with van der Waals surface area (Å²) in [5.41, 5.74) is 0.709. The number of aryl methyl sites for hydroxylation is 3. The third kappa shape index (κ3) is 4.72. The summed E-state index contributed by atoms with van der Waals surface area (Å²) in [4.78, 5) is 11.7. The van der Waals surface area contributed by atoms with Crippen molar-refractivity contribution in [3.63, 3.8) is 0 Å². The first-order valence-corrected chi connectivity index (χ1v) is 8.35. The lowest BCUT2D eigenvalue weighted by Gasteiger charge is -2.06. The van der Waals surface area contributed by atoms with Gasteiger partial charge in [-0.05, 0) is 29.3 Å². The molecule has 0 spiro atoms. The van der Waals surface area contributed by atoms with Crippen LogP contribution in [0.25, 0.3) is 0 Å². The SMILES string of the molecule is Cc1nn(CCCNC(=O)CCn2cc(Br)cn2)c(Cl)c1Cl. The molecule has 9 heteroatoms. The molecule has 2 aromatic heterocycles. The fourth-order valence-electron chi connectivity index (χ4n) is 1.90. The summed E-state index contributed by atoms with van der Waals surface area (Å²) in [5, 5.41) is 12.1. The molecule has 0 aliphatic carbocycles. The molecule has 1 amide bonds. The highest BCUT2D eigenvalue weighted by atomic mass is 79.9. The minimum Gasteiger partial charge on any atom is -0.356 e. The van der Waals surface area contributed by atoms with Crippen molar-refractivity contribution in [3.8, 4) is 0 Å². The van der Waals surface area contributed by atoms with E-state index in [9.17, 15) is 4.79 Å². The molecule has 0 aliphatic heterocycles. The number of nitrogens with zero attached hydrogens (tertiary/aromatic N) is 4. The summed E-state index contributed by atoms with van der Waals surface area (Å²) in [5.74, 6) is -0.00704. The fraction of sp³-hybridized carbons (Fsp3) is 0.462. The topological polar surface area (TPSA) is 64.7 Å². The first kappa shape index (κ1) is 17.3. The Kier molecular flexibility index (Phi) is 6.28. The number of halogens is 3. The summed E-state index contributed by atoms with van der Waals surface area (Å²) in [6.45, 7) is 3.53. The van der Waals surface area contributed by atoms with Crippen molar-refractivity contribution < 1.29 is 4.79 Å². The van der Waals surface area contributed by atoms with E-state index >= 15 is 0 Å². The first-order chi connectivity index (χ1) is 10.5. The van der Waals surface area contributed by atoms with Crippen LogP contribution in [-0.4, -0.2) is 32.0 Å². The van der Waals surface area contributed by atoms with Crippen LogP contribution in [-0.2, 0) is 17.9 Å². The molecule has 2 aromatic rings. The number of carbonyl (C=O) groups excluding carboxylic acids is 1. The van der Waals surface area contributed by atoms with Gasteiger partial charge in [-0.25, -0.2) is 0 Å². The zero-order valence-corrected chi connectivity index (χ0v) is 15.1. The van der Waals surface area contributed by atoms with Gasteiger partial charge in [0.2, 0.25) is 5.91 Å². The quantitative estimate of drug-likeness (QED) is 0.716. The molecule has 0 aromatic carbocycles. The van der Waals surface area contributed by atoms with E-state index in [1.807, 2.05) is 6.20 Å². The number of hydrogen-bond donors (Lipinski definition) is 1. The predicted molar refractivity (Wildman–Crippen MR) is 89.2 cm³/mol. The maximum Gasteiger partial charge on any atom is 0.221 e. The zero-order valence-electron chi connectivity index (χ0n) is 12.0. The van der Waals surface area contributed by atoms with E-state index in [4.69, 9.17) is 23.2 Å². The summed E-state index contributed by atoms with van der Waals surface area (Å²) in [7, 11) is 0. The molecule has 2 heterocycles. The van der Waals surface area contributed by atoms with Crippen molar-refractivity contribution in [1.82, 2.24) is 24.9 Å². The number of aromatic nitrogens is 4. The molecule has 0 unspecified atom stereocenters. The lowest BCUT2D eigenvalue weighted by molar-refractivity contribution is -0.121. The van der Waals surface area contributed by atoms with Crippen LogP contribution in [0.15, 0.2) is 16.9 Å². The highest BCUT2D eigenvalue weighted by Gasteiger charge is 2.10. The average Bonchev–Trinajstić information content (AvgIpc) is 3.01. The minimum atomic E-state index is -0.00704. The van der Waals surface area contributed by atoms with Crippen LogP contribution < -0.4 is 5.32 Å². The van der Waals surface area contributed by atoms with Gasteiger partial charge in [-0.1, -0.05) is 23.2 Å². The summed E-state index contributed by atoms with van der Waals surface area (Å²) < 4.78 is 4.27. The molecule has 0 saturated carbocycles. The molecule has 1 N–H and O–H groups in total. The molecular formula is C13H16BrCl2N5O. The molecule has 2 rings (SSSR count). The van der Waals surface area contributed by atoms with Crippen molar-refractivity contribution in [3.05, 3.63) is 32.7 Å². The lowest BCUT2D eigenvalue weighted by Crippen LogP contribution is -2.26. The standard InChI is InChI=1S/C13H16BrCl2N5O/c1-9-12(15)13(16)21(19-9)5-2-4-17-11(22)3-6-20-8-10(14)7-18-20/h7-8H,2-6H2,1H3,(H,17,22). The molecule has 0 aliphatic rings. The van der Waals surface area contributed by atoms with Crippen LogP contribution in [0.3, 0.4) is 0 Å². The number of carbonyl (C=O) groups is 1. The maximum atomic E-state index is 11.7. The van der Waals surface area contributed by atoms with Crippen molar-refractivity contribution >= 4 is 45.0 Å². The molecule has 22 heavy (non-hydrogen) atoms. The van der Waals surface area contributed by atoms with E-state index < -0.39 is 0 Å². The van der Waals surface area contributed by atoms with Gasteiger partial charge < -0.3 is 5.32 Å². The number of rotatable bonds is 7. The van der Waals surface area contributed by atoms with Crippen LogP contribution in [0.5, 0.6) is 0 Å². The van der Waals surface area contributed by atoms with Crippen LogP contribution in [0.1, 0.15) is 18.5 Å². The molecule has 120 valence electrons. The Labute approximate surface area is 146 Å². The van der Waals surface area contributed by atoms with E-state index in [0.717, 1.165) is 10.9 Å². The van der Waals surface area contributed by atoms with E-state index in [1.54, 1.807) is 22.5 Å². The van der Waals surface area contributed by atoms with Crippen molar-refractivity contribution in [2.45, 2.75) is 32.9 Å². The Morgan fingerprint density at radius 2 is 2.18 bits per heavy atom. The van der Waals surface area contributed by atoms with Gasteiger partial charge in [-0.15, -0.1) is 0 Å². The lowest BCUT2D eigenvalue weighted by atomic mass is 10.3.